The first-order chi connectivity index (χ1) is 9.72. The van der Waals surface area contributed by atoms with Crippen molar-refractivity contribution in [1.29, 1.82) is 0 Å². The zero-order chi connectivity index (χ0) is 13.9. The first-order valence-electron chi connectivity index (χ1n) is 5.87. The summed E-state index contributed by atoms with van der Waals surface area (Å²) in [5.74, 6) is 1.02. The molecule has 0 aliphatic carbocycles. The number of hydrogen-bond acceptors (Lipinski definition) is 5. The van der Waals surface area contributed by atoms with Gasteiger partial charge in [-0.1, -0.05) is 18.3 Å². The van der Waals surface area contributed by atoms with Crippen LogP contribution in [0.25, 0.3) is 10.9 Å². The lowest BCUT2D eigenvalue weighted by atomic mass is 10.2. The zero-order valence-corrected chi connectivity index (χ0v) is 11.2. The van der Waals surface area contributed by atoms with Crippen LogP contribution in [0.1, 0.15) is 5.69 Å². The van der Waals surface area contributed by atoms with Gasteiger partial charge < -0.3 is 10.5 Å². The van der Waals surface area contributed by atoms with E-state index in [1.54, 1.807) is 6.20 Å². The van der Waals surface area contributed by atoms with Crippen molar-refractivity contribution in [3.8, 4) is 11.6 Å². The highest BCUT2D eigenvalue weighted by molar-refractivity contribution is 7.80. The van der Waals surface area contributed by atoms with Crippen molar-refractivity contribution in [2.24, 2.45) is 5.73 Å². The lowest BCUT2D eigenvalue weighted by Gasteiger charge is -2.05. The summed E-state index contributed by atoms with van der Waals surface area (Å²) in [6, 6.07) is 9.52. The maximum absolute atomic E-state index is 5.62. The molecule has 3 aromatic rings. The summed E-state index contributed by atoms with van der Waals surface area (Å²) < 4.78 is 5.62. The molecule has 0 aliphatic heterocycles. The van der Waals surface area contributed by atoms with E-state index in [4.69, 9.17) is 22.7 Å². The van der Waals surface area contributed by atoms with E-state index in [1.807, 2.05) is 30.3 Å². The molecule has 0 aliphatic rings. The average Bonchev–Trinajstić information content (AvgIpc) is 2.48. The van der Waals surface area contributed by atoms with Crippen molar-refractivity contribution < 1.29 is 4.74 Å². The highest BCUT2D eigenvalue weighted by Crippen LogP contribution is 2.22. The second-order valence-electron chi connectivity index (χ2n) is 4.06. The van der Waals surface area contributed by atoms with Crippen LogP contribution in [0, 0.1) is 0 Å². The van der Waals surface area contributed by atoms with Crippen molar-refractivity contribution in [3.05, 3.63) is 54.6 Å². The Bertz CT molecular complexity index is 773. The van der Waals surface area contributed by atoms with E-state index >= 15 is 0 Å². The number of hydrogen-bond donors (Lipinski definition) is 1. The highest BCUT2D eigenvalue weighted by atomic mass is 32.1. The maximum atomic E-state index is 5.62. The molecule has 98 valence electrons. The van der Waals surface area contributed by atoms with Crippen LogP contribution in [0.3, 0.4) is 0 Å². The minimum absolute atomic E-state index is 0.207. The predicted molar refractivity (Wildman–Crippen MR) is 79.7 cm³/mol. The molecule has 0 saturated carbocycles. The molecule has 20 heavy (non-hydrogen) atoms. The largest absolute Gasteiger partial charge is 0.437 e. The quantitative estimate of drug-likeness (QED) is 0.744. The Balaban J connectivity index is 1.87. The number of aromatic nitrogens is 3. The van der Waals surface area contributed by atoms with Gasteiger partial charge in [-0.15, -0.1) is 0 Å². The molecule has 2 aromatic heterocycles. The Morgan fingerprint density at radius 2 is 2.00 bits per heavy atom. The third kappa shape index (κ3) is 2.55. The molecular weight excluding hydrogens is 272 g/mol. The Labute approximate surface area is 120 Å². The molecule has 0 bridgehead atoms. The number of rotatable bonds is 3. The van der Waals surface area contributed by atoms with Crippen molar-refractivity contribution in [2.45, 2.75) is 0 Å². The summed E-state index contributed by atoms with van der Waals surface area (Å²) in [5.41, 5.74) is 6.78. The molecule has 0 spiro atoms. The van der Waals surface area contributed by atoms with Crippen molar-refractivity contribution in [1.82, 2.24) is 15.0 Å². The molecular formula is C14H10N4OS. The maximum Gasteiger partial charge on any atom is 0.237 e. The lowest BCUT2D eigenvalue weighted by molar-refractivity contribution is 0.460. The second kappa shape index (κ2) is 5.18. The minimum atomic E-state index is 0.207. The second-order valence-corrected chi connectivity index (χ2v) is 4.50. The predicted octanol–water partition coefficient (Wildman–Crippen LogP) is 2.45. The summed E-state index contributed by atoms with van der Waals surface area (Å²) in [4.78, 5) is 12.6. The third-order valence-electron chi connectivity index (χ3n) is 2.68. The van der Waals surface area contributed by atoms with Crippen LogP contribution in [-0.4, -0.2) is 19.9 Å². The standard InChI is InChI=1S/C14H10N4OS/c15-14(20)12-7-18-13(8-17-12)19-10-4-3-9-2-1-5-16-11(9)6-10/h1-8H,(H2,15,20). The number of nitrogens with zero attached hydrogens (tertiary/aromatic N) is 3. The fraction of sp³-hybridized carbons (Fsp3) is 0. The molecule has 6 heteroatoms. The fourth-order valence-corrected chi connectivity index (χ4v) is 1.83. The van der Waals surface area contributed by atoms with E-state index < -0.39 is 0 Å². The van der Waals surface area contributed by atoms with Crippen molar-refractivity contribution in [2.75, 3.05) is 0 Å². The molecule has 0 unspecified atom stereocenters. The first-order valence-corrected chi connectivity index (χ1v) is 6.28. The Morgan fingerprint density at radius 3 is 2.75 bits per heavy atom. The van der Waals surface area contributed by atoms with Crippen LogP contribution in [0.2, 0.25) is 0 Å². The number of benzene rings is 1. The van der Waals surface area contributed by atoms with Crippen LogP contribution < -0.4 is 10.5 Å². The van der Waals surface area contributed by atoms with Gasteiger partial charge in [-0.05, 0) is 18.2 Å². The van der Waals surface area contributed by atoms with E-state index in [0.717, 1.165) is 10.9 Å². The number of fused-ring (bicyclic) bond motifs is 1. The zero-order valence-electron chi connectivity index (χ0n) is 10.4. The van der Waals surface area contributed by atoms with Gasteiger partial charge in [0.05, 0.1) is 17.9 Å². The fourth-order valence-electron chi connectivity index (χ4n) is 1.73. The van der Waals surface area contributed by atoms with Crippen LogP contribution in [0.4, 0.5) is 0 Å². The molecule has 0 saturated heterocycles. The van der Waals surface area contributed by atoms with Gasteiger partial charge in [0.25, 0.3) is 0 Å². The molecule has 3 rings (SSSR count). The summed E-state index contributed by atoms with van der Waals surface area (Å²) in [5, 5.41) is 1.05. The van der Waals surface area contributed by atoms with Crippen LogP contribution >= 0.6 is 12.2 Å². The van der Waals surface area contributed by atoms with Gasteiger partial charge in [0, 0.05) is 17.6 Å². The summed E-state index contributed by atoms with van der Waals surface area (Å²) in [6.07, 6.45) is 4.71. The van der Waals surface area contributed by atoms with Crippen LogP contribution in [0.5, 0.6) is 11.6 Å². The number of pyridine rings is 1. The Hall–Kier alpha value is -2.60. The van der Waals surface area contributed by atoms with Crippen molar-refractivity contribution >= 4 is 28.1 Å². The molecule has 0 atom stereocenters. The summed E-state index contributed by atoms with van der Waals surface area (Å²) in [7, 11) is 0. The van der Waals surface area contributed by atoms with E-state index in [9.17, 15) is 0 Å². The van der Waals surface area contributed by atoms with Crippen LogP contribution in [0.15, 0.2) is 48.9 Å². The average molecular weight is 282 g/mol. The summed E-state index contributed by atoms with van der Waals surface area (Å²) >= 11 is 4.81. The Kier molecular flexibility index (Phi) is 3.22. The van der Waals surface area contributed by atoms with Gasteiger partial charge in [0.1, 0.15) is 16.4 Å². The van der Waals surface area contributed by atoms with Crippen molar-refractivity contribution in [3.63, 3.8) is 0 Å². The normalized spacial score (nSPS) is 10.4. The van der Waals surface area contributed by atoms with Gasteiger partial charge in [-0.3, -0.25) is 4.98 Å². The Morgan fingerprint density at radius 1 is 1.10 bits per heavy atom. The molecule has 0 fully saturated rings. The lowest BCUT2D eigenvalue weighted by Crippen LogP contribution is -2.11. The minimum Gasteiger partial charge on any atom is -0.437 e. The monoisotopic (exact) mass is 282 g/mol. The molecule has 2 N–H and O–H groups in total. The van der Waals surface area contributed by atoms with E-state index in [0.29, 0.717) is 17.3 Å². The SMILES string of the molecule is NC(=S)c1cnc(Oc2ccc3cccnc3c2)cn1. The van der Waals surface area contributed by atoms with Gasteiger partial charge >= 0.3 is 0 Å². The highest BCUT2D eigenvalue weighted by Gasteiger charge is 2.03. The topological polar surface area (TPSA) is 73.9 Å². The van der Waals surface area contributed by atoms with Crippen LogP contribution in [-0.2, 0) is 0 Å². The van der Waals surface area contributed by atoms with E-state index in [1.165, 1.54) is 12.4 Å². The molecule has 2 heterocycles. The van der Waals surface area contributed by atoms with Gasteiger partial charge in [0.15, 0.2) is 0 Å². The molecule has 5 nitrogen and oxygen atoms in total. The number of ether oxygens (including phenoxy) is 1. The molecule has 1 aromatic carbocycles. The van der Waals surface area contributed by atoms with E-state index in [2.05, 4.69) is 15.0 Å². The van der Waals surface area contributed by atoms with E-state index in [-0.39, 0.29) is 4.99 Å². The third-order valence-corrected chi connectivity index (χ3v) is 2.89. The van der Waals surface area contributed by atoms with Gasteiger partial charge in [0.2, 0.25) is 5.88 Å². The first kappa shape index (κ1) is 12.4. The van der Waals surface area contributed by atoms with Gasteiger partial charge in [-0.2, -0.15) is 0 Å². The molecule has 0 radical (unpaired) electrons. The number of nitrogens with two attached hydrogens (primary N) is 1. The number of thiocarbonyl (C=S) groups is 1. The molecule has 0 amide bonds. The van der Waals surface area contributed by atoms with Gasteiger partial charge in [-0.25, -0.2) is 9.97 Å². The summed E-state index contributed by atoms with van der Waals surface area (Å²) in [6.45, 7) is 0. The smallest absolute Gasteiger partial charge is 0.237 e.